The minimum atomic E-state index is 0.239. The van der Waals surface area contributed by atoms with E-state index in [1.165, 1.54) is 12.8 Å². The van der Waals surface area contributed by atoms with Crippen molar-refractivity contribution < 1.29 is 9.90 Å². The summed E-state index contributed by atoms with van der Waals surface area (Å²) >= 11 is 0. The van der Waals surface area contributed by atoms with Crippen LogP contribution in [0.15, 0.2) is 0 Å². The highest BCUT2D eigenvalue weighted by Crippen LogP contribution is 2.27. The number of hydrogen-bond acceptors (Lipinski definition) is 3. The number of piperidine rings is 1. The molecule has 2 saturated heterocycles. The van der Waals surface area contributed by atoms with Crippen LogP contribution >= 0.6 is 0 Å². The molecule has 2 aliphatic rings. The van der Waals surface area contributed by atoms with Gasteiger partial charge in [-0.15, -0.1) is 0 Å². The summed E-state index contributed by atoms with van der Waals surface area (Å²) in [5.41, 5.74) is 0. The van der Waals surface area contributed by atoms with Gasteiger partial charge in [-0.3, -0.25) is 4.79 Å². The molecule has 20 heavy (non-hydrogen) atoms. The summed E-state index contributed by atoms with van der Waals surface area (Å²) in [6, 6.07) is 0.381. The summed E-state index contributed by atoms with van der Waals surface area (Å²) in [6.07, 6.45) is 7.22. The van der Waals surface area contributed by atoms with Gasteiger partial charge in [0.15, 0.2) is 0 Å². The molecule has 0 radical (unpaired) electrons. The van der Waals surface area contributed by atoms with Crippen LogP contribution in [0.5, 0.6) is 0 Å². The van der Waals surface area contributed by atoms with Gasteiger partial charge in [0, 0.05) is 25.6 Å². The van der Waals surface area contributed by atoms with Crippen LogP contribution in [-0.4, -0.2) is 48.2 Å². The molecule has 4 heteroatoms. The summed E-state index contributed by atoms with van der Waals surface area (Å²) in [4.78, 5) is 14.6. The van der Waals surface area contributed by atoms with Gasteiger partial charge in [0.05, 0.1) is 0 Å². The predicted molar refractivity (Wildman–Crippen MR) is 80.4 cm³/mol. The maximum Gasteiger partial charge on any atom is 0.223 e. The molecule has 0 aromatic carbocycles. The minimum Gasteiger partial charge on any atom is -0.396 e. The Morgan fingerprint density at radius 1 is 1.40 bits per heavy atom. The number of carbonyl (C=O) groups excluding carboxylic acids is 1. The topological polar surface area (TPSA) is 52.6 Å². The molecule has 2 heterocycles. The first-order chi connectivity index (χ1) is 9.72. The first kappa shape index (κ1) is 15.8. The molecule has 4 nitrogen and oxygen atoms in total. The van der Waals surface area contributed by atoms with Crippen molar-refractivity contribution in [3.8, 4) is 0 Å². The van der Waals surface area contributed by atoms with Gasteiger partial charge in [-0.05, 0) is 63.5 Å². The molecule has 116 valence electrons. The van der Waals surface area contributed by atoms with E-state index in [2.05, 4.69) is 17.1 Å². The number of aliphatic hydroxyl groups is 1. The van der Waals surface area contributed by atoms with Gasteiger partial charge >= 0.3 is 0 Å². The number of hydrogen-bond donors (Lipinski definition) is 2. The van der Waals surface area contributed by atoms with Crippen LogP contribution in [0.3, 0.4) is 0 Å². The SMILES string of the molecule is CC(CC(=O)N1CCCC1CCCO)C1CCCNC1. The zero-order chi connectivity index (χ0) is 14.4. The van der Waals surface area contributed by atoms with E-state index in [4.69, 9.17) is 5.11 Å². The monoisotopic (exact) mass is 282 g/mol. The maximum absolute atomic E-state index is 12.5. The highest BCUT2D eigenvalue weighted by atomic mass is 16.3. The fourth-order valence-corrected chi connectivity index (χ4v) is 3.71. The molecule has 2 fully saturated rings. The summed E-state index contributed by atoms with van der Waals surface area (Å²) in [6.45, 7) is 5.59. The number of nitrogens with zero attached hydrogens (tertiary/aromatic N) is 1. The van der Waals surface area contributed by atoms with E-state index in [9.17, 15) is 4.79 Å². The average Bonchev–Trinajstić information content (AvgIpc) is 2.94. The molecule has 0 saturated carbocycles. The third-order valence-corrected chi connectivity index (χ3v) is 5.03. The van der Waals surface area contributed by atoms with Crippen molar-refractivity contribution in [1.29, 1.82) is 0 Å². The summed E-state index contributed by atoms with van der Waals surface area (Å²) in [7, 11) is 0. The van der Waals surface area contributed by atoms with Crippen LogP contribution in [0.25, 0.3) is 0 Å². The zero-order valence-electron chi connectivity index (χ0n) is 12.8. The molecule has 1 amide bonds. The molecular formula is C16H30N2O2. The van der Waals surface area contributed by atoms with Crippen molar-refractivity contribution >= 4 is 5.91 Å². The largest absolute Gasteiger partial charge is 0.396 e. The Kier molecular flexibility index (Phi) is 6.30. The molecule has 0 bridgehead atoms. The third kappa shape index (κ3) is 4.19. The smallest absolute Gasteiger partial charge is 0.223 e. The van der Waals surface area contributed by atoms with E-state index in [1.807, 2.05) is 0 Å². The Morgan fingerprint density at radius 3 is 2.95 bits per heavy atom. The average molecular weight is 282 g/mol. The number of amides is 1. The normalized spacial score (nSPS) is 28.6. The molecule has 3 unspecified atom stereocenters. The number of rotatable bonds is 6. The summed E-state index contributed by atoms with van der Waals surface area (Å²) in [5, 5.41) is 12.4. The molecule has 2 N–H and O–H groups in total. The van der Waals surface area contributed by atoms with Crippen LogP contribution in [0.2, 0.25) is 0 Å². The number of aliphatic hydroxyl groups excluding tert-OH is 1. The third-order valence-electron chi connectivity index (χ3n) is 5.03. The van der Waals surface area contributed by atoms with Gasteiger partial charge in [-0.2, -0.15) is 0 Å². The van der Waals surface area contributed by atoms with Gasteiger partial charge in [-0.1, -0.05) is 6.92 Å². The standard InChI is InChI=1S/C16H30N2O2/c1-13(14-5-2-8-17-12-14)11-16(20)18-9-3-6-15(18)7-4-10-19/h13-15,17,19H,2-12H2,1H3. The molecule has 0 aromatic rings. The maximum atomic E-state index is 12.5. The first-order valence-electron chi connectivity index (χ1n) is 8.33. The van der Waals surface area contributed by atoms with Crippen molar-refractivity contribution in [2.24, 2.45) is 11.8 Å². The van der Waals surface area contributed by atoms with Gasteiger partial charge < -0.3 is 15.3 Å². The lowest BCUT2D eigenvalue weighted by molar-refractivity contribution is -0.133. The van der Waals surface area contributed by atoms with E-state index in [1.54, 1.807) is 0 Å². The fraction of sp³-hybridized carbons (Fsp3) is 0.938. The van der Waals surface area contributed by atoms with Crippen LogP contribution in [0.1, 0.15) is 51.9 Å². The zero-order valence-corrected chi connectivity index (χ0v) is 12.8. The minimum absolute atomic E-state index is 0.239. The molecule has 3 atom stereocenters. The van der Waals surface area contributed by atoms with Crippen molar-refractivity contribution in [3.63, 3.8) is 0 Å². The highest BCUT2D eigenvalue weighted by Gasteiger charge is 2.30. The molecule has 0 aromatic heterocycles. The van der Waals surface area contributed by atoms with Gasteiger partial charge in [0.1, 0.15) is 0 Å². The summed E-state index contributed by atoms with van der Waals surface area (Å²) in [5.74, 6) is 1.48. The van der Waals surface area contributed by atoms with Crippen molar-refractivity contribution in [2.45, 2.75) is 57.9 Å². The summed E-state index contributed by atoms with van der Waals surface area (Å²) < 4.78 is 0. The van der Waals surface area contributed by atoms with E-state index in [0.29, 0.717) is 30.2 Å². The van der Waals surface area contributed by atoms with Crippen molar-refractivity contribution in [2.75, 3.05) is 26.2 Å². The van der Waals surface area contributed by atoms with Crippen LogP contribution < -0.4 is 5.32 Å². The molecule has 2 rings (SSSR count). The highest BCUT2D eigenvalue weighted by molar-refractivity contribution is 5.77. The van der Waals surface area contributed by atoms with Crippen molar-refractivity contribution in [3.05, 3.63) is 0 Å². The molecular weight excluding hydrogens is 252 g/mol. The Balaban J connectivity index is 1.80. The van der Waals surface area contributed by atoms with Crippen LogP contribution in [0.4, 0.5) is 0 Å². The lowest BCUT2D eigenvalue weighted by atomic mass is 9.85. The predicted octanol–water partition coefficient (Wildman–Crippen LogP) is 1.78. The lowest BCUT2D eigenvalue weighted by Crippen LogP contribution is -2.39. The number of nitrogens with one attached hydrogen (secondary N) is 1. The Morgan fingerprint density at radius 2 is 2.25 bits per heavy atom. The Bertz CT molecular complexity index is 303. The quantitative estimate of drug-likeness (QED) is 0.781. The van der Waals surface area contributed by atoms with E-state index in [0.717, 1.165) is 45.3 Å². The second-order valence-corrected chi connectivity index (χ2v) is 6.54. The second-order valence-electron chi connectivity index (χ2n) is 6.54. The van der Waals surface area contributed by atoms with Gasteiger partial charge in [0.2, 0.25) is 5.91 Å². The van der Waals surface area contributed by atoms with E-state index in [-0.39, 0.29) is 6.61 Å². The molecule has 0 spiro atoms. The Labute approximate surface area is 122 Å². The molecule has 2 aliphatic heterocycles. The first-order valence-corrected chi connectivity index (χ1v) is 8.33. The van der Waals surface area contributed by atoms with E-state index >= 15 is 0 Å². The van der Waals surface area contributed by atoms with Crippen LogP contribution in [0, 0.1) is 11.8 Å². The molecule has 0 aliphatic carbocycles. The van der Waals surface area contributed by atoms with Crippen LogP contribution in [-0.2, 0) is 4.79 Å². The van der Waals surface area contributed by atoms with Gasteiger partial charge in [0.25, 0.3) is 0 Å². The number of likely N-dealkylation sites (tertiary alicyclic amines) is 1. The Hall–Kier alpha value is -0.610. The number of carbonyl (C=O) groups is 1. The van der Waals surface area contributed by atoms with E-state index < -0.39 is 0 Å². The van der Waals surface area contributed by atoms with Crippen molar-refractivity contribution in [1.82, 2.24) is 10.2 Å². The fourth-order valence-electron chi connectivity index (χ4n) is 3.71. The second kappa shape index (κ2) is 7.99. The lowest BCUT2D eigenvalue weighted by Gasteiger charge is -2.31. The van der Waals surface area contributed by atoms with Gasteiger partial charge in [-0.25, -0.2) is 0 Å².